The van der Waals surface area contributed by atoms with Crippen LogP contribution in [0.4, 0.5) is 5.69 Å². The van der Waals surface area contributed by atoms with Gasteiger partial charge >= 0.3 is 5.97 Å². The molecular formula is C16H15NO3S. The summed E-state index contributed by atoms with van der Waals surface area (Å²) in [7, 11) is 0. The molecule has 2 aromatic rings. The molecule has 0 fully saturated rings. The molecular weight excluding hydrogens is 286 g/mol. The van der Waals surface area contributed by atoms with E-state index in [-0.39, 0.29) is 12.3 Å². The maximum Gasteiger partial charge on any atom is 0.304 e. The minimum atomic E-state index is -1.02. The Balaban J connectivity index is 2.23. The van der Waals surface area contributed by atoms with Crippen molar-refractivity contribution in [1.29, 1.82) is 0 Å². The number of aliphatic carboxylic acids is 1. The number of carboxylic acids is 1. The second kappa shape index (κ2) is 6.95. The van der Waals surface area contributed by atoms with Crippen LogP contribution in [0.15, 0.2) is 59.5 Å². The molecule has 5 heteroatoms. The van der Waals surface area contributed by atoms with Crippen LogP contribution >= 0.6 is 12.6 Å². The van der Waals surface area contributed by atoms with Crippen LogP contribution in [0.1, 0.15) is 17.9 Å². The molecule has 4 nitrogen and oxygen atoms in total. The van der Waals surface area contributed by atoms with Crippen molar-refractivity contribution in [3.63, 3.8) is 0 Å². The van der Waals surface area contributed by atoms with Crippen LogP contribution in [0.3, 0.4) is 0 Å². The Morgan fingerprint density at radius 1 is 1.05 bits per heavy atom. The van der Waals surface area contributed by atoms with Crippen LogP contribution in [0.5, 0.6) is 0 Å². The molecule has 1 amide bonds. The number of hydrogen-bond donors (Lipinski definition) is 3. The largest absolute Gasteiger partial charge is 0.481 e. The molecule has 1 unspecified atom stereocenters. The summed E-state index contributed by atoms with van der Waals surface area (Å²) in [4.78, 5) is 24.0. The first-order chi connectivity index (χ1) is 10.1. The first-order valence-electron chi connectivity index (χ1n) is 6.43. The third kappa shape index (κ3) is 4.10. The van der Waals surface area contributed by atoms with Crippen LogP contribution < -0.4 is 5.32 Å². The molecule has 0 aromatic heterocycles. The standard InChI is InChI=1S/C16H15NO3S/c18-15(19)10-12(11-6-2-1-3-7-11)16(20)17-13-8-4-5-9-14(13)21/h1-9,12,21H,10H2,(H,17,20)(H,18,19). The maximum absolute atomic E-state index is 12.4. The molecule has 0 heterocycles. The van der Waals surface area contributed by atoms with E-state index < -0.39 is 11.9 Å². The third-order valence-electron chi connectivity index (χ3n) is 3.06. The van der Waals surface area contributed by atoms with Crippen molar-refractivity contribution in [3.05, 3.63) is 60.2 Å². The molecule has 0 aliphatic rings. The van der Waals surface area contributed by atoms with Gasteiger partial charge in [-0.1, -0.05) is 42.5 Å². The van der Waals surface area contributed by atoms with E-state index in [1.165, 1.54) is 0 Å². The molecule has 0 saturated heterocycles. The first-order valence-corrected chi connectivity index (χ1v) is 6.88. The number of carbonyl (C=O) groups excluding carboxylic acids is 1. The number of nitrogens with one attached hydrogen (secondary N) is 1. The highest BCUT2D eigenvalue weighted by Crippen LogP contribution is 2.24. The molecule has 0 saturated carbocycles. The summed E-state index contributed by atoms with van der Waals surface area (Å²) in [5, 5.41) is 11.8. The predicted molar refractivity (Wildman–Crippen MR) is 83.8 cm³/mol. The minimum absolute atomic E-state index is 0.259. The first kappa shape index (κ1) is 15.1. The van der Waals surface area contributed by atoms with E-state index >= 15 is 0 Å². The van der Waals surface area contributed by atoms with E-state index in [0.29, 0.717) is 16.1 Å². The third-order valence-corrected chi connectivity index (χ3v) is 3.45. The molecule has 1 atom stereocenters. The number of anilines is 1. The molecule has 2 rings (SSSR count). The topological polar surface area (TPSA) is 66.4 Å². The minimum Gasteiger partial charge on any atom is -0.481 e. The number of rotatable bonds is 5. The van der Waals surface area contributed by atoms with Crippen LogP contribution in [-0.2, 0) is 9.59 Å². The van der Waals surface area contributed by atoms with Crippen LogP contribution in [0.25, 0.3) is 0 Å². The van der Waals surface area contributed by atoms with Gasteiger partial charge in [-0.3, -0.25) is 9.59 Å². The second-order valence-corrected chi connectivity index (χ2v) is 5.05. The van der Waals surface area contributed by atoms with E-state index in [2.05, 4.69) is 17.9 Å². The van der Waals surface area contributed by atoms with Crippen molar-refractivity contribution in [3.8, 4) is 0 Å². The Morgan fingerprint density at radius 3 is 2.29 bits per heavy atom. The van der Waals surface area contributed by atoms with Crippen molar-refractivity contribution in [2.45, 2.75) is 17.2 Å². The Morgan fingerprint density at radius 2 is 1.67 bits per heavy atom. The normalized spacial score (nSPS) is 11.7. The fourth-order valence-corrected chi connectivity index (χ4v) is 2.24. The van der Waals surface area contributed by atoms with Crippen LogP contribution in [0, 0.1) is 0 Å². The van der Waals surface area contributed by atoms with Gasteiger partial charge in [0, 0.05) is 4.90 Å². The number of para-hydroxylation sites is 1. The lowest BCUT2D eigenvalue weighted by Gasteiger charge is -2.16. The van der Waals surface area contributed by atoms with Crippen LogP contribution in [0.2, 0.25) is 0 Å². The molecule has 0 bridgehead atoms. The molecule has 21 heavy (non-hydrogen) atoms. The van der Waals surface area contributed by atoms with Gasteiger partial charge in [0.1, 0.15) is 0 Å². The van der Waals surface area contributed by atoms with Gasteiger partial charge in [-0.05, 0) is 17.7 Å². The Bertz CT molecular complexity index is 643. The Labute approximate surface area is 128 Å². The molecule has 0 radical (unpaired) electrons. The highest BCUT2D eigenvalue weighted by molar-refractivity contribution is 7.80. The van der Waals surface area contributed by atoms with Gasteiger partial charge in [0.2, 0.25) is 5.91 Å². The van der Waals surface area contributed by atoms with Gasteiger partial charge in [-0.2, -0.15) is 0 Å². The van der Waals surface area contributed by atoms with Gasteiger partial charge in [0.15, 0.2) is 0 Å². The fourth-order valence-electron chi connectivity index (χ4n) is 2.02. The molecule has 0 aliphatic heterocycles. The number of thiol groups is 1. The molecule has 0 spiro atoms. The molecule has 0 aliphatic carbocycles. The van der Waals surface area contributed by atoms with E-state index in [1.807, 2.05) is 12.1 Å². The number of benzene rings is 2. The van der Waals surface area contributed by atoms with Gasteiger partial charge in [0.05, 0.1) is 18.0 Å². The summed E-state index contributed by atoms with van der Waals surface area (Å²) >= 11 is 4.27. The zero-order chi connectivity index (χ0) is 15.2. The van der Waals surface area contributed by atoms with Crippen LogP contribution in [-0.4, -0.2) is 17.0 Å². The summed E-state index contributed by atoms with van der Waals surface area (Å²) in [5.41, 5.74) is 1.24. The summed E-state index contributed by atoms with van der Waals surface area (Å²) in [6.45, 7) is 0. The summed E-state index contributed by atoms with van der Waals surface area (Å²) in [5.74, 6) is -2.11. The summed E-state index contributed by atoms with van der Waals surface area (Å²) in [6.07, 6.45) is -0.259. The monoisotopic (exact) mass is 301 g/mol. The number of amides is 1. The average Bonchev–Trinajstić information content (AvgIpc) is 2.48. The highest BCUT2D eigenvalue weighted by atomic mass is 32.1. The average molecular weight is 301 g/mol. The summed E-state index contributed by atoms with van der Waals surface area (Å²) in [6, 6.07) is 16.0. The quantitative estimate of drug-likeness (QED) is 0.743. The molecule has 108 valence electrons. The molecule has 2 aromatic carbocycles. The van der Waals surface area contributed by atoms with E-state index in [4.69, 9.17) is 5.11 Å². The summed E-state index contributed by atoms with van der Waals surface area (Å²) < 4.78 is 0. The lowest BCUT2D eigenvalue weighted by molar-refractivity contribution is -0.139. The maximum atomic E-state index is 12.4. The van der Waals surface area contributed by atoms with Gasteiger partial charge in [0.25, 0.3) is 0 Å². The van der Waals surface area contributed by atoms with Crippen molar-refractivity contribution in [2.75, 3.05) is 5.32 Å². The Hall–Kier alpha value is -2.27. The van der Waals surface area contributed by atoms with E-state index in [0.717, 1.165) is 0 Å². The highest BCUT2D eigenvalue weighted by Gasteiger charge is 2.23. The SMILES string of the molecule is O=C(O)CC(C(=O)Nc1ccccc1S)c1ccccc1. The van der Waals surface area contributed by atoms with E-state index in [1.54, 1.807) is 42.5 Å². The van der Waals surface area contributed by atoms with Gasteiger partial charge in [-0.25, -0.2) is 0 Å². The predicted octanol–water partition coefficient (Wildman–Crippen LogP) is 3.17. The van der Waals surface area contributed by atoms with E-state index in [9.17, 15) is 9.59 Å². The smallest absolute Gasteiger partial charge is 0.304 e. The van der Waals surface area contributed by atoms with Crippen molar-refractivity contribution in [1.82, 2.24) is 0 Å². The van der Waals surface area contributed by atoms with Gasteiger partial charge < -0.3 is 10.4 Å². The van der Waals surface area contributed by atoms with Crippen molar-refractivity contribution in [2.24, 2.45) is 0 Å². The van der Waals surface area contributed by atoms with Crippen molar-refractivity contribution < 1.29 is 14.7 Å². The molecule has 2 N–H and O–H groups in total. The zero-order valence-electron chi connectivity index (χ0n) is 11.2. The fraction of sp³-hybridized carbons (Fsp3) is 0.125. The lowest BCUT2D eigenvalue weighted by atomic mass is 9.95. The van der Waals surface area contributed by atoms with Gasteiger partial charge in [-0.15, -0.1) is 12.6 Å². The number of carboxylic acid groups (broad SMARTS) is 1. The second-order valence-electron chi connectivity index (χ2n) is 4.57. The van der Waals surface area contributed by atoms with Crippen molar-refractivity contribution >= 4 is 30.2 Å². The zero-order valence-corrected chi connectivity index (χ0v) is 12.1. The number of carbonyl (C=O) groups is 2. The lowest BCUT2D eigenvalue weighted by Crippen LogP contribution is -2.23. The Kier molecular flexibility index (Phi) is 5.00. The number of hydrogen-bond acceptors (Lipinski definition) is 3.